The quantitative estimate of drug-likeness (QED) is 0.785. The Bertz CT molecular complexity index is 669. The summed E-state index contributed by atoms with van der Waals surface area (Å²) in [5, 5.41) is 7.65. The van der Waals surface area contributed by atoms with E-state index >= 15 is 0 Å². The predicted octanol–water partition coefficient (Wildman–Crippen LogP) is 0.989. The molecular formula is C13H18N4O2S. The fraction of sp³-hybridized carbons (Fsp3) is 0.462. The lowest BCUT2D eigenvalue weighted by molar-refractivity contribution is -0.121. The van der Waals surface area contributed by atoms with Gasteiger partial charge in [0.15, 0.2) is 0 Å². The Morgan fingerprint density at radius 1 is 1.45 bits per heavy atom. The molecule has 0 unspecified atom stereocenters. The minimum absolute atomic E-state index is 0.0866. The minimum Gasteiger partial charge on any atom is -0.350 e. The monoisotopic (exact) mass is 294 g/mol. The summed E-state index contributed by atoms with van der Waals surface area (Å²) < 4.78 is 0.624. The molecule has 0 aliphatic carbocycles. The summed E-state index contributed by atoms with van der Waals surface area (Å²) >= 11 is 1.37. The summed E-state index contributed by atoms with van der Waals surface area (Å²) in [5.41, 5.74) is 0.302. The zero-order chi connectivity index (χ0) is 14.8. The normalized spacial score (nSPS) is 11.8. The summed E-state index contributed by atoms with van der Waals surface area (Å²) in [6.07, 6.45) is 0. The SMILES string of the molecule is CC(C)(C)NC(=O)CNCc1nc2ccsc2c(=O)[nH]1. The molecule has 2 aromatic heterocycles. The van der Waals surface area contributed by atoms with Crippen LogP contribution in [0.25, 0.3) is 10.2 Å². The second-order valence-electron chi connectivity index (χ2n) is 5.55. The molecule has 0 saturated heterocycles. The number of carbonyl (C=O) groups is 1. The van der Waals surface area contributed by atoms with Crippen molar-refractivity contribution in [1.82, 2.24) is 20.6 Å². The van der Waals surface area contributed by atoms with Crippen LogP contribution in [0.2, 0.25) is 0 Å². The summed E-state index contributed by atoms with van der Waals surface area (Å²) in [5.74, 6) is 0.445. The Kier molecular flexibility index (Phi) is 4.20. The van der Waals surface area contributed by atoms with E-state index in [4.69, 9.17) is 0 Å². The van der Waals surface area contributed by atoms with Gasteiger partial charge in [0.2, 0.25) is 5.91 Å². The molecular weight excluding hydrogens is 276 g/mol. The third kappa shape index (κ3) is 3.88. The molecule has 0 fully saturated rings. The number of rotatable bonds is 4. The van der Waals surface area contributed by atoms with Crippen molar-refractivity contribution < 1.29 is 4.79 Å². The van der Waals surface area contributed by atoms with Gasteiger partial charge in [-0.15, -0.1) is 11.3 Å². The Morgan fingerprint density at radius 2 is 2.20 bits per heavy atom. The number of fused-ring (bicyclic) bond motifs is 1. The maximum atomic E-state index is 11.8. The highest BCUT2D eigenvalue weighted by molar-refractivity contribution is 7.17. The van der Waals surface area contributed by atoms with Crippen LogP contribution >= 0.6 is 11.3 Å². The average Bonchev–Trinajstić information content (AvgIpc) is 2.75. The van der Waals surface area contributed by atoms with Gasteiger partial charge < -0.3 is 15.6 Å². The fourth-order valence-electron chi connectivity index (χ4n) is 1.76. The van der Waals surface area contributed by atoms with E-state index in [2.05, 4.69) is 20.6 Å². The number of hydrogen-bond acceptors (Lipinski definition) is 5. The van der Waals surface area contributed by atoms with Gasteiger partial charge in [-0.25, -0.2) is 4.98 Å². The number of nitrogens with zero attached hydrogens (tertiary/aromatic N) is 1. The standard InChI is InChI=1S/C13H18N4O2S/c1-13(2,3)17-10(18)7-14-6-9-15-8-4-5-20-11(8)12(19)16-9/h4-5,14H,6-7H2,1-3H3,(H,17,18)(H,15,16,19). The summed E-state index contributed by atoms with van der Waals surface area (Å²) in [6, 6.07) is 1.81. The molecule has 20 heavy (non-hydrogen) atoms. The van der Waals surface area contributed by atoms with Crippen LogP contribution in [0.5, 0.6) is 0 Å². The van der Waals surface area contributed by atoms with Crippen molar-refractivity contribution in [3.8, 4) is 0 Å². The van der Waals surface area contributed by atoms with E-state index in [1.54, 1.807) is 0 Å². The molecule has 2 aromatic rings. The van der Waals surface area contributed by atoms with Gasteiger partial charge in [-0.05, 0) is 32.2 Å². The molecule has 7 heteroatoms. The number of hydrogen-bond donors (Lipinski definition) is 3. The lowest BCUT2D eigenvalue weighted by Crippen LogP contribution is -2.44. The Labute approximate surface area is 120 Å². The van der Waals surface area contributed by atoms with Crippen molar-refractivity contribution >= 4 is 27.5 Å². The third-order valence-electron chi connectivity index (χ3n) is 2.46. The minimum atomic E-state index is -0.249. The van der Waals surface area contributed by atoms with Crippen molar-refractivity contribution in [2.45, 2.75) is 32.9 Å². The van der Waals surface area contributed by atoms with Crippen LogP contribution < -0.4 is 16.2 Å². The zero-order valence-electron chi connectivity index (χ0n) is 11.7. The van der Waals surface area contributed by atoms with Gasteiger partial charge in [-0.3, -0.25) is 9.59 Å². The lowest BCUT2D eigenvalue weighted by atomic mass is 10.1. The number of H-pyrrole nitrogens is 1. The zero-order valence-corrected chi connectivity index (χ0v) is 12.6. The number of aromatic amines is 1. The van der Waals surface area contributed by atoms with E-state index in [-0.39, 0.29) is 23.6 Å². The van der Waals surface area contributed by atoms with Crippen molar-refractivity contribution in [2.24, 2.45) is 0 Å². The highest BCUT2D eigenvalue weighted by atomic mass is 32.1. The van der Waals surface area contributed by atoms with Crippen molar-refractivity contribution in [3.05, 3.63) is 27.6 Å². The average molecular weight is 294 g/mol. The van der Waals surface area contributed by atoms with Gasteiger partial charge in [0.1, 0.15) is 10.5 Å². The molecule has 0 aliphatic rings. The van der Waals surface area contributed by atoms with Gasteiger partial charge in [-0.1, -0.05) is 0 Å². The van der Waals surface area contributed by atoms with Gasteiger partial charge in [0.05, 0.1) is 18.6 Å². The highest BCUT2D eigenvalue weighted by Crippen LogP contribution is 2.13. The molecule has 6 nitrogen and oxygen atoms in total. The number of nitrogens with one attached hydrogen (secondary N) is 3. The van der Waals surface area contributed by atoms with E-state index in [0.29, 0.717) is 22.6 Å². The molecule has 2 heterocycles. The van der Waals surface area contributed by atoms with E-state index in [9.17, 15) is 9.59 Å². The first-order chi connectivity index (χ1) is 9.35. The first kappa shape index (κ1) is 14.7. The maximum Gasteiger partial charge on any atom is 0.268 e. The third-order valence-corrected chi connectivity index (χ3v) is 3.36. The summed E-state index contributed by atoms with van der Waals surface area (Å²) in [7, 11) is 0. The Balaban J connectivity index is 1.93. The van der Waals surface area contributed by atoms with Gasteiger partial charge in [0.25, 0.3) is 5.56 Å². The Morgan fingerprint density at radius 3 is 2.90 bits per heavy atom. The second kappa shape index (κ2) is 5.72. The molecule has 0 atom stereocenters. The Hall–Kier alpha value is -1.73. The molecule has 0 spiro atoms. The summed E-state index contributed by atoms with van der Waals surface area (Å²) in [4.78, 5) is 30.4. The van der Waals surface area contributed by atoms with Crippen LogP contribution in [0.1, 0.15) is 26.6 Å². The molecule has 0 aromatic carbocycles. The van der Waals surface area contributed by atoms with Crippen molar-refractivity contribution in [1.29, 1.82) is 0 Å². The summed E-state index contributed by atoms with van der Waals surface area (Å²) in [6.45, 7) is 6.30. The van der Waals surface area contributed by atoms with Crippen molar-refractivity contribution in [2.75, 3.05) is 6.54 Å². The van der Waals surface area contributed by atoms with Crippen molar-refractivity contribution in [3.63, 3.8) is 0 Å². The molecule has 1 amide bonds. The van der Waals surface area contributed by atoms with Crippen LogP contribution in [-0.4, -0.2) is 28.0 Å². The van der Waals surface area contributed by atoms with E-state index in [0.717, 1.165) is 0 Å². The molecule has 0 aliphatic heterocycles. The smallest absolute Gasteiger partial charge is 0.268 e. The maximum absolute atomic E-state index is 11.8. The van der Waals surface area contributed by atoms with Crippen LogP contribution in [0.4, 0.5) is 0 Å². The largest absolute Gasteiger partial charge is 0.350 e. The van der Waals surface area contributed by atoms with E-state index in [1.807, 2.05) is 32.2 Å². The molecule has 3 N–H and O–H groups in total. The van der Waals surface area contributed by atoms with Crippen LogP contribution in [0.15, 0.2) is 16.2 Å². The number of aromatic nitrogens is 2. The second-order valence-corrected chi connectivity index (χ2v) is 6.47. The van der Waals surface area contributed by atoms with Crippen LogP contribution in [0, 0.1) is 0 Å². The lowest BCUT2D eigenvalue weighted by Gasteiger charge is -2.20. The highest BCUT2D eigenvalue weighted by Gasteiger charge is 2.13. The van der Waals surface area contributed by atoms with Gasteiger partial charge in [0, 0.05) is 5.54 Å². The fourth-order valence-corrected chi connectivity index (χ4v) is 2.49. The van der Waals surface area contributed by atoms with E-state index < -0.39 is 0 Å². The number of thiophene rings is 1. The predicted molar refractivity (Wildman–Crippen MR) is 79.8 cm³/mol. The molecule has 2 rings (SSSR count). The topological polar surface area (TPSA) is 86.9 Å². The molecule has 108 valence electrons. The van der Waals surface area contributed by atoms with Gasteiger partial charge >= 0.3 is 0 Å². The molecule has 0 bridgehead atoms. The number of amides is 1. The van der Waals surface area contributed by atoms with Crippen LogP contribution in [-0.2, 0) is 11.3 Å². The first-order valence-electron chi connectivity index (χ1n) is 6.33. The molecule has 0 saturated carbocycles. The molecule has 0 radical (unpaired) electrons. The first-order valence-corrected chi connectivity index (χ1v) is 7.21. The van der Waals surface area contributed by atoms with Crippen LogP contribution in [0.3, 0.4) is 0 Å². The van der Waals surface area contributed by atoms with Gasteiger partial charge in [-0.2, -0.15) is 0 Å². The van der Waals surface area contributed by atoms with E-state index in [1.165, 1.54) is 11.3 Å². The number of carbonyl (C=O) groups excluding carboxylic acids is 1.